The van der Waals surface area contributed by atoms with Crippen molar-refractivity contribution < 1.29 is 4.79 Å². The molecule has 0 radical (unpaired) electrons. The van der Waals surface area contributed by atoms with Gasteiger partial charge in [-0.05, 0) is 23.8 Å². The van der Waals surface area contributed by atoms with Crippen molar-refractivity contribution in [3.8, 4) is 5.69 Å². The molecule has 1 amide bonds. The van der Waals surface area contributed by atoms with Crippen LogP contribution >= 0.6 is 0 Å². The minimum Gasteiger partial charge on any atom is -0.352 e. The largest absolute Gasteiger partial charge is 0.352 e. The highest BCUT2D eigenvalue weighted by atomic mass is 16.1. The van der Waals surface area contributed by atoms with Crippen LogP contribution in [0.15, 0.2) is 55.4 Å². The number of nitrogens with zero attached hydrogens (tertiary/aromatic N) is 5. The number of hydrogen-bond donors (Lipinski definition) is 1. The van der Waals surface area contributed by atoms with Gasteiger partial charge < -0.3 is 5.32 Å². The van der Waals surface area contributed by atoms with E-state index >= 15 is 0 Å². The zero-order chi connectivity index (χ0) is 16.1. The molecular formula is C16H18N6O. The van der Waals surface area contributed by atoms with Gasteiger partial charge in [0.25, 0.3) is 0 Å². The minimum atomic E-state index is -0.167. The Morgan fingerprint density at radius 1 is 1.26 bits per heavy atom. The first-order valence-electron chi connectivity index (χ1n) is 7.41. The van der Waals surface area contributed by atoms with E-state index in [1.54, 1.807) is 21.9 Å². The highest BCUT2D eigenvalue weighted by molar-refractivity contribution is 5.78. The number of hydrogen-bond acceptors (Lipinski definition) is 4. The lowest BCUT2D eigenvalue weighted by Gasteiger charge is -2.12. The summed E-state index contributed by atoms with van der Waals surface area (Å²) >= 11 is 0. The Morgan fingerprint density at radius 3 is 2.74 bits per heavy atom. The Labute approximate surface area is 134 Å². The predicted octanol–water partition coefficient (Wildman–Crippen LogP) is 1.42. The summed E-state index contributed by atoms with van der Waals surface area (Å²) in [4.78, 5) is 16.0. The van der Waals surface area contributed by atoms with E-state index in [9.17, 15) is 4.79 Å². The average Bonchev–Trinajstić information content (AvgIpc) is 3.26. The standard InChI is InChI=1S/C16H18N6O/c1-13(10-21-12-17-11-20-21)16(23)18-9-14-3-5-15(6-4-14)22-8-2-7-19-22/h2-8,11-13H,9-10H2,1H3,(H,18,23)/t13-/m0/s1. The fourth-order valence-corrected chi connectivity index (χ4v) is 2.24. The molecule has 2 heterocycles. The second kappa shape index (κ2) is 6.87. The van der Waals surface area contributed by atoms with Crippen molar-refractivity contribution >= 4 is 5.91 Å². The first kappa shape index (κ1) is 15.0. The fourth-order valence-electron chi connectivity index (χ4n) is 2.24. The SMILES string of the molecule is C[C@@H](Cn1cncn1)C(=O)NCc1ccc(-n2cccn2)cc1. The van der Waals surface area contributed by atoms with E-state index in [4.69, 9.17) is 0 Å². The quantitative estimate of drug-likeness (QED) is 0.747. The van der Waals surface area contributed by atoms with Gasteiger partial charge in [0.15, 0.2) is 0 Å². The van der Waals surface area contributed by atoms with Crippen LogP contribution in [0.5, 0.6) is 0 Å². The number of carbonyl (C=O) groups is 1. The van der Waals surface area contributed by atoms with Crippen molar-refractivity contribution in [1.82, 2.24) is 29.9 Å². The van der Waals surface area contributed by atoms with Crippen LogP contribution in [0.3, 0.4) is 0 Å². The van der Waals surface area contributed by atoms with Gasteiger partial charge in [-0.25, -0.2) is 9.67 Å². The Balaban J connectivity index is 1.52. The molecule has 118 valence electrons. The van der Waals surface area contributed by atoms with Gasteiger partial charge in [0.05, 0.1) is 18.2 Å². The molecule has 0 aliphatic carbocycles. The van der Waals surface area contributed by atoms with Crippen molar-refractivity contribution in [2.45, 2.75) is 20.0 Å². The third-order valence-corrected chi connectivity index (χ3v) is 3.55. The number of nitrogens with one attached hydrogen (secondary N) is 1. The third kappa shape index (κ3) is 3.82. The van der Waals surface area contributed by atoms with Crippen LogP contribution in [-0.4, -0.2) is 30.5 Å². The number of carbonyl (C=O) groups excluding carboxylic acids is 1. The van der Waals surface area contributed by atoms with Gasteiger partial charge in [-0.3, -0.25) is 9.48 Å². The van der Waals surface area contributed by atoms with E-state index in [1.807, 2.05) is 43.5 Å². The molecule has 0 bridgehead atoms. The van der Waals surface area contributed by atoms with E-state index in [1.165, 1.54) is 6.33 Å². The maximum Gasteiger partial charge on any atom is 0.224 e. The van der Waals surface area contributed by atoms with E-state index < -0.39 is 0 Å². The minimum absolute atomic E-state index is 0.00310. The van der Waals surface area contributed by atoms with Crippen LogP contribution in [0.4, 0.5) is 0 Å². The number of benzene rings is 1. The zero-order valence-electron chi connectivity index (χ0n) is 12.8. The predicted molar refractivity (Wildman–Crippen MR) is 84.6 cm³/mol. The Morgan fingerprint density at radius 2 is 2.09 bits per heavy atom. The molecule has 0 saturated heterocycles. The molecular weight excluding hydrogens is 292 g/mol. The monoisotopic (exact) mass is 310 g/mol. The molecule has 0 saturated carbocycles. The second-order valence-corrected chi connectivity index (χ2v) is 5.35. The average molecular weight is 310 g/mol. The van der Waals surface area contributed by atoms with Crippen molar-refractivity contribution in [2.24, 2.45) is 5.92 Å². The number of aromatic nitrogens is 5. The topological polar surface area (TPSA) is 77.6 Å². The first-order chi connectivity index (χ1) is 11.2. The second-order valence-electron chi connectivity index (χ2n) is 5.35. The van der Waals surface area contributed by atoms with Crippen LogP contribution in [0.25, 0.3) is 5.69 Å². The van der Waals surface area contributed by atoms with Crippen molar-refractivity contribution in [3.63, 3.8) is 0 Å². The molecule has 1 atom stereocenters. The van der Waals surface area contributed by atoms with E-state index in [0.29, 0.717) is 13.1 Å². The zero-order valence-corrected chi connectivity index (χ0v) is 12.8. The Bertz CT molecular complexity index is 733. The summed E-state index contributed by atoms with van der Waals surface area (Å²) in [7, 11) is 0. The van der Waals surface area contributed by atoms with E-state index in [0.717, 1.165) is 11.3 Å². The highest BCUT2D eigenvalue weighted by Crippen LogP contribution is 2.09. The maximum absolute atomic E-state index is 12.1. The summed E-state index contributed by atoms with van der Waals surface area (Å²) in [5.74, 6) is -0.170. The van der Waals surface area contributed by atoms with Crippen molar-refractivity contribution in [3.05, 3.63) is 60.9 Å². The van der Waals surface area contributed by atoms with Gasteiger partial charge in [0, 0.05) is 18.9 Å². The number of amides is 1. The van der Waals surface area contributed by atoms with Crippen LogP contribution < -0.4 is 5.32 Å². The lowest BCUT2D eigenvalue weighted by molar-refractivity contribution is -0.125. The highest BCUT2D eigenvalue weighted by Gasteiger charge is 2.13. The van der Waals surface area contributed by atoms with Gasteiger partial charge in [0.1, 0.15) is 12.7 Å². The van der Waals surface area contributed by atoms with Crippen molar-refractivity contribution in [2.75, 3.05) is 0 Å². The molecule has 7 nitrogen and oxygen atoms in total. The Kier molecular flexibility index (Phi) is 4.46. The van der Waals surface area contributed by atoms with Gasteiger partial charge in [-0.2, -0.15) is 10.2 Å². The fraction of sp³-hybridized carbons (Fsp3) is 0.250. The molecule has 1 aromatic carbocycles. The number of rotatable bonds is 6. The van der Waals surface area contributed by atoms with Gasteiger partial charge >= 0.3 is 0 Å². The van der Waals surface area contributed by atoms with Crippen LogP contribution in [0.1, 0.15) is 12.5 Å². The lowest BCUT2D eigenvalue weighted by Crippen LogP contribution is -2.31. The molecule has 3 aromatic rings. The molecule has 23 heavy (non-hydrogen) atoms. The maximum atomic E-state index is 12.1. The van der Waals surface area contributed by atoms with Gasteiger partial charge in [-0.15, -0.1) is 0 Å². The third-order valence-electron chi connectivity index (χ3n) is 3.55. The van der Waals surface area contributed by atoms with Gasteiger partial charge in [0.2, 0.25) is 5.91 Å². The van der Waals surface area contributed by atoms with E-state index in [2.05, 4.69) is 20.5 Å². The Hall–Kier alpha value is -2.96. The summed E-state index contributed by atoms with van der Waals surface area (Å²) in [5, 5.41) is 11.1. The van der Waals surface area contributed by atoms with E-state index in [-0.39, 0.29) is 11.8 Å². The molecule has 0 aliphatic rings. The summed E-state index contributed by atoms with van der Waals surface area (Å²) in [5.41, 5.74) is 2.03. The molecule has 0 spiro atoms. The van der Waals surface area contributed by atoms with Crippen LogP contribution in [0, 0.1) is 5.92 Å². The first-order valence-corrected chi connectivity index (χ1v) is 7.41. The normalized spacial score (nSPS) is 12.0. The van der Waals surface area contributed by atoms with Crippen LogP contribution in [0.2, 0.25) is 0 Å². The molecule has 1 N–H and O–H groups in total. The molecule has 7 heteroatoms. The van der Waals surface area contributed by atoms with Crippen molar-refractivity contribution in [1.29, 1.82) is 0 Å². The summed E-state index contributed by atoms with van der Waals surface area (Å²) in [6.45, 7) is 2.89. The molecule has 0 fully saturated rings. The summed E-state index contributed by atoms with van der Waals surface area (Å²) in [6, 6.07) is 9.81. The van der Waals surface area contributed by atoms with Gasteiger partial charge in [-0.1, -0.05) is 19.1 Å². The summed E-state index contributed by atoms with van der Waals surface area (Å²) < 4.78 is 3.45. The molecule has 3 rings (SSSR count). The smallest absolute Gasteiger partial charge is 0.224 e. The lowest BCUT2D eigenvalue weighted by atomic mass is 10.1. The molecule has 2 aromatic heterocycles. The molecule has 0 aliphatic heterocycles. The molecule has 0 unspecified atom stereocenters. The van der Waals surface area contributed by atoms with Crippen LogP contribution in [-0.2, 0) is 17.9 Å². The summed E-state index contributed by atoms with van der Waals surface area (Å²) in [6.07, 6.45) is 6.71.